The molecule has 6 nitrogen and oxygen atoms in total. The van der Waals surface area contributed by atoms with Crippen LogP contribution >= 0.6 is 12.2 Å². The molecule has 0 radical (unpaired) electrons. The van der Waals surface area contributed by atoms with Crippen molar-refractivity contribution in [2.75, 3.05) is 31.5 Å². The predicted octanol–water partition coefficient (Wildman–Crippen LogP) is 3.00. The Morgan fingerprint density at radius 1 is 0.967 bits per heavy atom. The van der Waals surface area contributed by atoms with Crippen LogP contribution in [0.4, 0.5) is 5.69 Å². The van der Waals surface area contributed by atoms with Crippen LogP contribution in [0, 0.1) is 6.92 Å². The Labute approximate surface area is 182 Å². The highest BCUT2D eigenvalue weighted by Crippen LogP contribution is 2.15. The molecule has 1 N–H and O–H groups in total. The van der Waals surface area contributed by atoms with Gasteiger partial charge in [0.1, 0.15) is 5.69 Å². The number of nitrogens with one attached hydrogen (secondary N) is 1. The molecule has 2 heterocycles. The minimum atomic E-state index is -0.0914. The molecule has 0 spiro atoms. The molecule has 1 aliphatic rings. The molecule has 4 rings (SSSR count). The monoisotopic (exact) mass is 421 g/mol. The lowest BCUT2D eigenvalue weighted by Crippen LogP contribution is -2.49. The van der Waals surface area contributed by atoms with Gasteiger partial charge in [0.15, 0.2) is 5.11 Å². The van der Waals surface area contributed by atoms with E-state index in [1.54, 1.807) is 4.68 Å². The van der Waals surface area contributed by atoms with Gasteiger partial charge in [0, 0.05) is 39.8 Å². The van der Waals surface area contributed by atoms with Crippen LogP contribution in [0.1, 0.15) is 11.3 Å². The number of thiocarbonyl (C=S) groups is 1. The van der Waals surface area contributed by atoms with E-state index in [0.717, 1.165) is 44.1 Å². The smallest absolute Gasteiger partial charge is 0.295 e. The zero-order chi connectivity index (χ0) is 21.1. The van der Waals surface area contributed by atoms with Gasteiger partial charge in [-0.15, -0.1) is 0 Å². The van der Waals surface area contributed by atoms with Crippen LogP contribution in [0.25, 0.3) is 5.69 Å². The summed E-state index contributed by atoms with van der Waals surface area (Å²) in [5.41, 5.74) is 3.47. The summed E-state index contributed by atoms with van der Waals surface area (Å²) in [5, 5.41) is 3.84. The second-order valence-electron chi connectivity index (χ2n) is 7.62. The summed E-state index contributed by atoms with van der Waals surface area (Å²) in [4.78, 5) is 17.7. The van der Waals surface area contributed by atoms with Gasteiger partial charge in [-0.1, -0.05) is 48.5 Å². The van der Waals surface area contributed by atoms with Gasteiger partial charge >= 0.3 is 0 Å². The minimum absolute atomic E-state index is 0.0914. The van der Waals surface area contributed by atoms with Crippen molar-refractivity contribution in [2.24, 2.45) is 7.05 Å². The van der Waals surface area contributed by atoms with Crippen LogP contribution in [0.3, 0.4) is 0 Å². The van der Waals surface area contributed by atoms with Gasteiger partial charge in [-0.2, -0.15) is 0 Å². The van der Waals surface area contributed by atoms with Crippen LogP contribution in [-0.4, -0.2) is 50.5 Å². The molecule has 0 atom stereocenters. The summed E-state index contributed by atoms with van der Waals surface area (Å²) in [7, 11) is 1.89. The van der Waals surface area contributed by atoms with E-state index in [1.807, 2.05) is 55.1 Å². The first-order chi connectivity index (χ1) is 14.5. The third-order valence-electron chi connectivity index (χ3n) is 5.69. The van der Waals surface area contributed by atoms with E-state index >= 15 is 0 Å². The summed E-state index contributed by atoms with van der Waals surface area (Å²) in [6, 6.07) is 20.2. The van der Waals surface area contributed by atoms with E-state index in [1.165, 1.54) is 5.56 Å². The van der Waals surface area contributed by atoms with Crippen molar-refractivity contribution >= 4 is 23.0 Å². The number of nitrogens with zero attached hydrogens (tertiary/aromatic N) is 4. The molecule has 1 fully saturated rings. The largest absolute Gasteiger partial charge is 0.346 e. The Bertz CT molecular complexity index is 1070. The highest BCUT2D eigenvalue weighted by atomic mass is 32.1. The standard InChI is InChI=1S/C23H27N5OS/c1-18-21(22(29)28(25(18)2)20-11-7-4-8-12-20)24-23(30)27-15-13-26(14-16-27)17-19-9-5-3-6-10-19/h3-12H,13-17H2,1-2H3,(H,24,30). The third kappa shape index (κ3) is 4.17. The Hall–Kier alpha value is -2.90. The van der Waals surface area contributed by atoms with E-state index in [9.17, 15) is 4.79 Å². The molecule has 1 aliphatic heterocycles. The maximum absolute atomic E-state index is 13.1. The third-order valence-corrected chi connectivity index (χ3v) is 6.05. The zero-order valence-electron chi connectivity index (χ0n) is 17.4. The lowest BCUT2D eigenvalue weighted by Gasteiger charge is -2.36. The van der Waals surface area contributed by atoms with Crippen molar-refractivity contribution in [3.63, 3.8) is 0 Å². The average molecular weight is 422 g/mol. The molecule has 0 amide bonds. The van der Waals surface area contributed by atoms with Gasteiger partial charge in [0.25, 0.3) is 5.56 Å². The molecule has 156 valence electrons. The fraction of sp³-hybridized carbons (Fsp3) is 0.304. The van der Waals surface area contributed by atoms with Gasteiger partial charge in [0.2, 0.25) is 0 Å². The second kappa shape index (κ2) is 8.85. The Kier molecular flexibility index (Phi) is 6.01. The summed E-state index contributed by atoms with van der Waals surface area (Å²) < 4.78 is 3.53. The van der Waals surface area contributed by atoms with E-state index < -0.39 is 0 Å². The van der Waals surface area contributed by atoms with Crippen LogP contribution < -0.4 is 10.9 Å². The molecule has 1 saturated heterocycles. The summed E-state index contributed by atoms with van der Waals surface area (Å²) in [6.07, 6.45) is 0. The van der Waals surface area contributed by atoms with Crippen LogP contribution in [0.15, 0.2) is 65.5 Å². The quantitative estimate of drug-likeness (QED) is 0.656. The van der Waals surface area contributed by atoms with Crippen LogP contribution in [0.2, 0.25) is 0 Å². The van der Waals surface area contributed by atoms with Crippen molar-refractivity contribution in [3.8, 4) is 5.69 Å². The van der Waals surface area contributed by atoms with Gasteiger partial charge < -0.3 is 10.2 Å². The molecule has 2 aromatic carbocycles. The Morgan fingerprint density at radius 2 is 1.57 bits per heavy atom. The van der Waals surface area contributed by atoms with Crippen LogP contribution in [-0.2, 0) is 13.6 Å². The first-order valence-corrected chi connectivity index (χ1v) is 10.6. The first kappa shape index (κ1) is 20.4. The average Bonchev–Trinajstić information content (AvgIpc) is 2.98. The minimum Gasteiger partial charge on any atom is -0.346 e. The zero-order valence-corrected chi connectivity index (χ0v) is 18.2. The number of benzene rings is 2. The Balaban J connectivity index is 1.42. The SMILES string of the molecule is Cc1c(NC(=S)N2CCN(Cc3ccccc3)CC2)c(=O)n(-c2ccccc2)n1C. The van der Waals surface area contributed by atoms with Crippen molar-refractivity contribution in [1.82, 2.24) is 19.2 Å². The molecule has 7 heteroatoms. The number of rotatable bonds is 4. The number of piperazine rings is 1. The molecule has 1 aromatic heterocycles. The van der Waals surface area contributed by atoms with Gasteiger partial charge in [0.05, 0.1) is 11.4 Å². The summed E-state index contributed by atoms with van der Waals surface area (Å²) >= 11 is 5.65. The van der Waals surface area contributed by atoms with Crippen molar-refractivity contribution in [2.45, 2.75) is 13.5 Å². The highest BCUT2D eigenvalue weighted by molar-refractivity contribution is 7.80. The molecule has 0 bridgehead atoms. The summed E-state index contributed by atoms with van der Waals surface area (Å²) in [5.74, 6) is 0. The number of anilines is 1. The van der Waals surface area contributed by atoms with Gasteiger partial charge in [-0.25, -0.2) is 4.68 Å². The number of para-hydroxylation sites is 1. The predicted molar refractivity (Wildman–Crippen MR) is 125 cm³/mol. The van der Waals surface area contributed by atoms with E-state index in [-0.39, 0.29) is 5.56 Å². The number of aromatic nitrogens is 2. The van der Waals surface area contributed by atoms with Gasteiger partial charge in [-0.05, 0) is 36.8 Å². The van der Waals surface area contributed by atoms with E-state index in [2.05, 4.69) is 39.4 Å². The normalized spacial score (nSPS) is 14.7. The van der Waals surface area contributed by atoms with Crippen LogP contribution in [0.5, 0.6) is 0 Å². The number of hydrogen-bond acceptors (Lipinski definition) is 3. The van der Waals surface area contributed by atoms with E-state index in [4.69, 9.17) is 12.2 Å². The van der Waals surface area contributed by atoms with Crippen molar-refractivity contribution in [1.29, 1.82) is 0 Å². The first-order valence-electron chi connectivity index (χ1n) is 10.2. The fourth-order valence-corrected chi connectivity index (χ4v) is 4.13. The second-order valence-corrected chi connectivity index (χ2v) is 8.00. The lowest BCUT2D eigenvalue weighted by atomic mass is 10.2. The summed E-state index contributed by atoms with van der Waals surface area (Å²) in [6.45, 7) is 6.46. The topological polar surface area (TPSA) is 45.4 Å². The van der Waals surface area contributed by atoms with E-state index in [0.29, 0.717) is 10.8 Å². The molecular formula is C23H27N5OS. The lowest BCUT2D eigenvalue weighted by molar-refractivity contribution is 0.177. The molecule has 0 unspecified atom stereocenters. The maximum Gasteiger partial charge on any atom is 0.295 e. The van der Waals surface area contributed by atoms with Crippen molar-refractivity contribution < 1.29 is 0 Å². The molecule has 3 aromatic rings. The number of hydrogen-bond donors (Lipinski definition) is 1. The molecule has 0 saturated carbocycles. The highest BCUT2D eigenvalue weighted by Gasteiger charge is 2.22. The maximum atomic E-state index is 13.1. The fourth-order valence-electron chi connectivity index (χ4n) is 3.85. The van der Waals surface area contributed by atoms with Gasteiger partial charge in [-0.3, -0.25) is 14.4 Å². The molecular weight excluding hydrogens is 394 g/mol. The Morgan fingerprint density at radius 3 is 2.20 bits per heavy atom. The molecule has 0 aliphatic carbocycles. The van der Waals surface area contributed by atoms with Crippen molar-refractivity contribution in [3.05, 3.63) is 82.3 Å². The molecule has 30 heavy (non-hydrogen) atoms.